The van der Waals surface area contributed by atoms with Gasteiger partial charge in [0, 0.05) is 12.6 Å². The van der Waals surface area contributed by atoms with Crippen LogP contribution in [0.5, 0.6) is 0 Å². The van der Waals surface area contributed by atoms with Gasteiger partial charge in [-0.25, -0.2) is 8.42 Å². The molecule has 2 unspecified atom stereocenters. The zero-order valence-electron chi connectivity index (χ0n) is 9.51. The maximum Gasteiger partial charge on any atom is 0.324 e. The monoisotopic (exact) mass is 250 g/mol. The number of rotatable bonds is 4. The zero-order valence-corrected chi connectivity index (χ0v) is 10.3. The number of aliphatic carboxylic acids is 1. The Kier molecular flexibility index (Phi) is 3.61. The van der Waals surface area contributed by atoms with Crippen LogP contribution >= 0.6 is 0 Å². The first-order valence-electron chi connectivity index (χ1n) is 5.07. The molecule has 0 aromatic heterocycles. The van der Waals surface area contributed by atoms with Crippen LogP contribution in [0.25, 0.3) is 0 Å². The van der Waals surface area contributed by atoms with Gasteiger partial charge in [0.05, 0.1) is 11.5 Å². The third-order valence-corrected chi connectivity index (χ3v) is 4.65. The fraction of sp³-hybridized carbons (Fsp3) is 0.889. The van der Waals surface area contributed by atoms with E-state index in [1.807, 2.05) is 0 Å². The van der Waals surface area contributed by atoms with Crippen molar-refractivity contribution in [2.24, 2.45) is 5.73 Å². The molecule has 1 saturated heterocycles. The average molecular weight is 250 g/mol. The summed E-state index contributed by atoms with van der Waals surface area (Å²) in [6, 6.07) is -0.118. The van der Waals surface area contributed by atoms with E-state index < -0.39 is 21.3 Å². The van der Waals surface area contributed by atoms with E-state index in [4.69, 9.17) is 10.8 Å². The summed E-state index contributed by atoms with van der Waals surface area (Å²) in [7, 11) is -1.24. The molecule has 2 atom stereocenters. The molecule has 1 aliphatic rings. The first kappa shape index (κ1) is 13.4. The molecule has 6 nitrogen and oxygen atoms in total. The van der Waals surface area contributed by atoms with Crippen LogP contribution in [0.4, 0.5) is 0 Å². The molecular formula is C9H18N2O4S. The Morgan fingerprint density at radius 1 is 1.62 bits per heavy atom. The van der Waals surface area contributed by atoms with E-state index in [0.29, 0.717) is 6.42 Å². The lowest BCUT2D eigenvalue weighted by Crippen LogP contribution is -2.55. The van der Waals surface area contributed by atoms with E-state index in [2.05, 4.69) is 0 Å². The molecule has 1 fully saturated rings. The Morgan fingerprint density at radius 3 is 2.56 bits per heavy atom. The summed E-state index contributed by atoms with van der Waals surface area (Å²) >= 11 is 0. The number of carboxylic acids is 1. The Labute approximate surface area is 95.3 Å². The van der Waals surface area contributed by atoms with Gasteiger partial charge >= 0.3 is 5.97 Å². The van der Waals surface area contributed by atoms with Crippen molar-refractivity contribution < 1.29 is 18.3 Å². The van der Waals surface area contributed by atoms with Crippen molar-refractivity contribution in [2.45, 2.75) is 24.9 Å². The van der Waals surface area contributed by atoms with Gasteiger partial charge in [0.15, 0.2) is 9.84 Å². The SMILES string of the molecule is CN(CC(C)(N)C(=O)O)C1CCS(=O)(=O)C1. The fourth-order valence-corrected chi connectivity index (χ4v) is 3.64. The summed E-state index contributed by atoms with van der Waals surface area (Å²) in [5.41, 5.74) is 4.26. The molecule has 0 aromatic carbocycles. The molecule has 1 rings (SSSR count). The van der Waals surface area contributed by atoms with Crippen LogP contribution in [-0.4, -0.2) is 61.1 Å². The number of nitrogens with zero attached hydrogens (tertiary/aromatic N) is 1. The summed E-state index contributed by atoms with van der Waals surface area (Å²) in [6.07, 6.45) is 0.550. The third-order valence-electron chi connectivity index (χ3n) is 2.90. The average Bonchev–Trinajstić information content (AvgIpc) is 2.45. The number of carboxylic acid groups (broad SMARTS) is 1. The van der Waals surface area contributed by atoms with Gasteiger partial charge in [-0.15, -0.1) is 0 Å². The van der Waals surface area contributed by atoms with Gasteiger partial charge < -0.3 is 10.8 Å². The molecule has 0 aromatic rings. The highest BCUT2D eigenvalue weighted by molar-refractivity contribution is 7.91. The predicted molar refractivity (Wildman–Crippen MR) is 59.9 cm³/mol. The molecule has 0 radical (unpaired) electrons. The summed E-state index contributed by atoms with van der Waals surface area (Å²) in [5.74, 6) is -0.810. The van der Waals surface area contributed by atoms with Gasteiger partial charge in [0.25, 0.3) is 0 Å². The van der Waals surface area contributed by atoms with E-state index >= 15 is 0 Å². The number of likely N-dealkylation sites (N-methyl/N-ethyl adjacent to an activating group) is 1. The van der Waals surface area contributed by atoms with Gasteiger partial charge in [0.2, 0.25) is 0 Å². The Balaban J connectivity index is 2.61. The molecule has 0 aliphatic carbocycles. The highest BCUT2D eigenvalue weighted by atomic mass is 32.2. The van der Waals surface area contributed by atoms with Crippen LogP contribution in [0, 0.1) is 0 Å². The van der Waals surface area contributed by atoms with Crippen molar-refractivity contribution in [3.05, 3.63) is 0 Å². The molecule has 1 aliphatic heterocycles. The second-order valence-electron chi connectivity index (χ2n) is 4.69. The first-order chi connectivity index (χ1) is 7.14. The zero-order chi connectivity index (χ0) is 12.6. The van der Waals surface area contributed by atoms with Gasteiger partial charge in [0.1, 0.15) is 5.54 Å². The van der Waals surface area contributed by atoms with Crippen LogP contribution in [0.1, 0.15) is 13.3 Å². The maximum atomic E-state index is 11.3. The topological polar surface area (TPSA) is 101 Å². The fourth-order valence-electron chi connectivity index (χ4n) is 1.84. The number of carbonyl (C=O) groups is 1. The predicted octanol–water partition coefficient (Wildman–Crippen LogP) is -1.09. The normalized spacial score (nSPS) is 27.9. The Bertz CT molecular complexity index is 377. The molecule has 0 spiro atoms. The molecule has 94 valence electrons. The van der Waals surface area contributed by atoms with Crippen molar-refractivity contribution in [1.29, 1.82) is 0 Å². The smallest absolute Gasteiger partial charge is 0.324 e. The number of nitrogens with two attached hydrogens (primary N) is 1. The minimum atomic E-state index is -2.95. The number of hydrogen-bond donors (Lipinski definition) is 2. The van der Waals surface area contributed by atoms with E-state index in [0.717, 1.165) is 0 Å². The summed E-state index contributed by atoms with van der Waals surface area (Å²) in [6.45, 7) is 1.57. The molecule has 3 N–H and O–H groups in total. The lowest BCUT2D eigenvalue weighted by molar-refractivity contribution is -0.143. The summed E-state index contributed by atoms with van der Waals surface area (Å²) < 4.78 is 22.5. The van der Waals surface area contributed by atoms with E-state index in [-0.39, 0.29) is 24.1 Å². The second kappa shape index (κ2) is 4.31. The van der Waals surface area contributed by atoms with Crippen molar-refractivity contribution in [1.82, 2.24) is 4.90 Å². The summed E-state index contributed by atoms with van der Waals surface area (Å²) in [4.78, 5) is 12.5. The Morgan fingerprint density at radius 2 is 2.19 bits per heavy atom. The molecular weight excluding hydrogens is 232 g/mol. The first-order valence-corrected chi connectivity index (χ1v) is 6.89. The van der Waals surface area contributed by atoms with E-state index in [9.17, 15) is 13.2 Å². The lowest BCUT2D eigenvalue weighted by Gasteiger charge is -2.30. The van der Waals surface area contributed by atoms with Crippen LogP contribution in [0.2, 0.25) is 0 Å². The standard InChI is InChI=1S/C9H18N2O4S/c1-9(10,8(12)13)6-11(2)7-3-4-16(14,15)5-7/h7H,3-6,10H2,1-2H3,(H,12,13). The lowest BCUT2D eigenvalue weighted by atomic mass is 10.0. The largest absolute Gasteiger partial charge is 0.480 e. The third kappa shape index (κ3) is 3.16. The van der Waals surface area contributed by atoms with Gasteiger partial charge in [-0.05, 0) is 20.4 Å². The van der Waals surface area contributed by atoms with Crippen molar-refractivity contribution in [3.63, 3.8) is 0 Å². The van der Waals surface area contributed by atoms with Crippen molar-refractivity contribution >= 4 is 15.8 Å². The van der Waals surface area contributed by atoms with E-state index in [1.165, 1.54) is 6.92 Å². The molecule has 7 heteroatoms. The highest BCUT2D eigenvalue weighted by Crippen LogP contribution is 2.17. The summed E-state index contributed by atoms with van der Waals surface area (Å²) in [5, 5.41) is 8.87. The molecule has 1 heterocycles. The van der Waals surface area contributed by atoms with Crippen molar-refractivity contribution in [3.8, 4) is 0 Å². The van der Waals surface area contributed by atoms with Crippen LogP contribution in [-0.2, 0) is 14.6 Å². The van der Waals surface area contributed by atoms with Crippen molar-refractivity contribution in [2.75, 3.05) is 25.1 Å². The van der Waals surface area contributed by atoms with Crippen LogP contribution in [0.3, 0.4) is 0 Å². The molecule has 16 heavy (non-hydrogen) atoms. The minimum Gasteiger partial charge on any atom is -0.480 e. The van der Waals surface area contributed by atoms with Gasteiger partial charge in [-0.1, -0.05) is 0 Å². The van der Waals surface area contributed by atoms with Crippen LogP contribution < -0.4 is 5.73 Å². The number of sulfone groups is 1. The minimum absolute atomic E-state index is 0.0964. The quantitative estimate of drug-likeness (QED) is 0.657. The second-order valence-corrected chi connectivity index (χ2v) is 6.92. The molecule has 0 bridgehead atoms. The van der Waals surface area contributed by atoms with Crippen LogP contribution in [0.15, 0.2) is 0 Å². The molecule has 0 saturated carbocycles. The van der Waals surface area contributed by atoms with Gasteiger partial charge in [-0.3, -0.25) is 9.69 Å². The van der Waals surface area contributed by atoms with Gasteiger partial charge in [-0.2, -0.15) is 0 Å². The maximum absolute atomic E-state index is 11.3. The highest BCUT2D eigenvalue weighted by Gasteiger charge is 2.35. The number of hydrogen-bond acceptors (Lipinski definition) is 5. The Hall–Kier alpha value is -0.660. The van der Waals surface area contributed by atoms with E-state index in [1.54, 1.807) is 11.9 Å². The molecule has 0 amide bonds.